The van der Waals surface area contributed by atoms with Gasteiger partial charge < -0.3 is 28.7 Å². The number of hydrogen-bond donors (Lipinski definition) is 0. The van der Waals surface area contributed by atoms with Gasteiger partial charge in [0.15, 0.2) is 11.5 Å². The van der Waals surface area contributed by atoms with Crippen molar-refractivity contribution in [2.75, 3.05) is 46.2 Å². The van der Waals surface area contributed by atoms with Crippen molar-refractivity contribution in [2.45, 2.75) is 32.0 Å². The first kappa shape index (κ1) is 22.7. The van der Waals surface area contributed by atoms with Crippen LogP contribution in [0.2, 0.25) is 0 Å². The van der Waals surface area contributed by atoms with Crippen molar-refractivity contribution < 1.29 is 28.5 Å². The van der Waals surface area contributed by atoms with Crippen LogP contribution in [0.3, 0.4) is 0 Å². The maximum absolute atomic E-state index is 13.4. The minimum absolute atomic E-state index is 0.0318. The molecule has 2 aromatic rings. The summed E-state index contributed by atoms with van der Waals surface area (Å²) in [6.07, 6.45) is 1.71. The Morgan fingerprint density at radius 2 is 1.68 bits per heavy atom. The number of hydrogen-bond acceptors (Lipinski definition) is 6. The molecule has 2 amide bonds. The predicted molar refractivity (Wildman–Crippen MR) is 124 cm³/mol. The molecule has 34 heavy (non-hydrogen) atoms. The Balaban J connectivity index is 1.28. The second-order valence-electron chi connectivity index (χ2n) is 9.02. The molecule has 2 atom stereocenters. The smallest absolute Gasteiger partial charge is 0.254 e. The molecule has 3 aliphatic heterocycles. The molecule has 2 aromatic carbocycles. The summed E-state index contributed by atoms with van der Waals surface area (Å²) in [7, 11) is 0. The van der Waals surface area contributed by atoms with Gasteiger partial charge in [-0.3, -0.25) is 9.59 Å². The highest BCUT2D eigenvalue weighted by molar-refractivity contribution is 5.95. The Morgan fingerprint density at radius 3 is 2.47 bits per heavy atom. The van der Waals surface area contributed by atoms with Gasteiger partial charge in [0.2, 0.25) is 6.79 Å². The van der Waals surface area contributed by atoms with Crippen LogP contribution in [0.1, 0.15) is 39.1 Å². The molecule has 180 valence electrons. The standard InChI is InChI=1S/C26H30N2O6/c1-18-4-6-19(7-5-18)25(29)28(14-21-3-2-11-31-21)16-22-15-27(10-12-32-22)26(30)20-8-9-23-24(13-20)34-17-33-23/h4-9,13,21-22H,2-3,10-12,14-17H2,1H3. The van der Waals surface area contributed by atoms with E-state index in [0.717, 1.165) is 25.0 Å². The molecule has 0 radical (unpaired) electrons. The van der Waals surface area contributed by atoms with Gasteiger partial charge in [0.25, 0.3) is 11.8 Å². The van der Waals surface area contributed by atoms with E-state index in [4.69, 9.17) is 18.9 Å². The normalized spacial score (nSPS) is 21.5. The average molecular weight is 467 g/mol. The number of carbonyl (C=O) groups is 2. The third-order valence-corrected chi connectivity index (χ3v) is 6.50. The van der Waals surface area contributed by atoms with Crippen molar-refractivity contribution in [1.29, 1.82) is 0 Å². The van der Waals surface area contributed by atoms with E-state index in [-0.39, 0.29) is 30.8 Å². The molecule has 0 saturated carbocycles. The van der Waals surface area contributed by atoms with Gasteiger partial charge in [-0.05, 0) is 50.1 Å². The predicted octanol–water partition coefficient (Wildman–Crippen LogP) is 2.89. The van der Waals surface area contributed by atoms with E-state index in [9.17, 15) is 9.59 Å². The molecule has 8 heteroatoms. The van der Waals surface area contributed by atoms with Gasteiger partial charge in [-0.2, -0.15) is 0 Å². The van der Waals surface area contributed by atoms with E-state index in [1.807, 2.05) is 36.1 Å². The van der Waals surface area contributed by atoms with E-state index >= 15 is 0 Å². The first-order chi connectivity index (χ1) is 16.6. The summed E-state index contributed by atoms with van der Waals surface area (Å²) in [4.78, 5) is 30.1. The van der Waals surface area contributed by atoms with Gasteiger partial charge in [0.05, 0.1) is 18.8 Å². The summed E-state index contributed by atoms with van der Waals surface area (Å²) < 4.78 is 22.6. The summed E-state index contributed by atoms with van der Waals surface area (Å²) in [6, 6.07) is 12.8. The van der Waals surface area contributed by atoms with Crippen molar-refractivity contribution in [2.24, 2.45) is 0 Å². The van der Waals surface area contributed by atoms with Crippen LogP contribution >= 0.6 is 0 Å². The highest BCUT2D eigenvalue weighted by Crippen LogP contribution is 2.33. The molecule has 0 N–H and O–H groups in total. The van der Waals surface area contributed by atoms with Gasteiger partial charge in [0.1, 0.15) is 0 Å². The summed E-state index contributed by atoms with van der Waals surface area (Å²) >= 11 is 0. The van der Waals surface area contributed by atoms with Crippen molar-refractivity contribution >= 4 is 11.8 Å². The molecule has 3 heterocycles. The molecule has 0 aliphatic carbocycles. The van der Waals surface area contributed by atoms with Gasteiger partial charge in [-0.1, -0.05) is 17.7 Å². The zero-order valence-corrected chi connectivity index (χ0v) is 19.4. The van der Waals surface area contributed by atoms with Crippen molar-refractivity contribution in [3.63, 3.8) is 0 Å². The highest BCUT2D eigenvalue weighted by atomic mass is 16.7. The van der Waals surface area contributed by atoms with Gasteiger partial charge >= 0.3 is 0 Å². The number of morpholine rings is 1. The van der Waals surface area contributed by atoms with Crippen LogP contribution in [0.25, 0.3) is 0 Å². The van der Waals surface area contributed by atoms with E-state index in [1.54, 1.807) is 23.1 Å². The SMILES string of the molecule is Cc1ccc(C(=O)N(CC2CCCO2)CC2CN(C(=O)c3ccc4c(c3)OCO4)CCO2)cc1. The van der Waals surface area contributed by atoms with E-state index < -0.39 is 0 Å². The fourth-order valence-corrected chi connectivity index (χ4v) is 4.63. The first-order valence-electron chi connectivity index (χ1n) is 11.8. The van der Waals surface area contributed by atoms with E-state index in [0.29, 0.717) is 55.4 Å². The van der Waals surface area contributed by atoms with E-state index in [1.165, 1.54) is 0 Å². The Bertz CT molecular complexity index is 1030. The molecule has 3 aliphatic rings. The first-order valence-corrected chi connectivity index (χ1v) is 11.8. The summed E-state index contributed by atoms with van der Waals surface area (Å²) in [5, 5.41) is 0. The summed E-state index contributed by atoms with van der Waals surface area (Å²) in [5.41, 5.74) is 2.31. The Hall–Kier alpha value is -3.10. The lowest BCUT2D eigenvalue weighted by molar-refractivity contribution is -0.0375. The lowest BCUT2D eigenvalue weighted by Gasteiger charge is -2.36. The second kappa shape index (κ2) is 10.0. The number of rotatable bonds is 6. The van der Waals surface area contributed by atoms with Crippen molar-refractivity contribution in [3.05, 3.63) is 59.2 Å². The number of carbonyl (C=O) groups excluding carboxylic acids is 2. The molecule has 2 unspecified atom stereocenters. The second-order valence-corrected chi connectivity index (χ2v) is 9.02. The maximum atomic E-state index is 13.4. The molecular weight excluding hydrogens is 436 g/mol. The molecule has 0 aromatic heterocycles. The van der Waals surface area contributed by atoms with Crippen LogP contribution in [-0.2, 0) is 9.47 Å². The quantitative estimate of drug-likeness (QED) is 0.652. The molecule has 0 spiro atoms. The molecule has 0 bridgehead atoms. The Labute approximate surface area is 199 Å². The molecular formula is C26H30N2O6. The zero-order valence-electron chi connectivity index (χ0n) is 19.4. The van der Waals surface area contributed by atoms with Gasteiger partial charge in [-0.25, -0.2) is 0 Å². The number of aryl methyl sites for hydroxylation is 1. The van der Waals surface area contributed by atoms with Crippen molar-refractivity contribution in [1.82, 2.24) is 9.80 Å². The number of nitrogens with zero attached hydrogens (tertiary/aromatic N) is 2. The van der Waals surface area contributed by atoms with E-state index in [2.05, 4.69) is 0 Å². The number of benzene rings is 2. The molecule has 2 saturated heterocycles. The van der Waals surface area contributed by atoms with Crippen LogP contribution < -0.4 is 9.47 Å². The fraction of sp³-hybridized carbons (Fsp3) is 0.462. The van der Waals surface area contributed by atoms with Crippen molar-refractivity contribution in [3.8, 4) is 11.5 Å². The third kappa shape index (κ3) is 5.03. The molecule has 5 rings (SSSR count). The lowest BCUT2D eigenvalue weighted by Crippen LogP contribution is -2.51. The molecule has 8 nitrogen and oxygen atoms in total. The topological polar surface area (TPSA) is 77.5 Å². The Morgan fingerprint density at radius 1 is 0.941 bits per heavy atom. The monoisotopic (exact) mass is 466 g/mol. The van der Waals surface area contributed by atoms with Gasteiger partial charge in [-0.15, -0.1) is 0 Å². The average Bonchev–Trinajstić information content (AvgIpc) is 3.55. The molecule has 2 fully saturated rings. The van der Waals surface area contributed by atoms with Crippen LogP contribution in [-0.4, -0.2) is 80.0 Å². The lowest BCUT2D eigenvalue weighted by atomic mass is 10.1. The number of fused-ring (bicyclic) bond motifs is 1. The van der Waals surface area contributed by atoms with Crippen LogP contribution in [0, 0.1) is 6.92 Å². The number of ether oxygens (including phenoxy) is 4. The maximum Gasteiger partial charge on any atom is 0.254 e. The van der Waals surface area contributed by atoms with Crippen LogP contribution in [0.4, 0.5) is 0 Å². The number of amides is 2. The zero-order chi connectivity index (χ0) is 23.5. The van der Waals surface area contributed by atoms with Crippen LogP contribution in [0.15, 0.2) is 42.5 Å². The third-order valence-electron chi connectivity index (χ3n) is 6.50. The highest BCUT2D eigenvalue weighted by Gasteiger charge is 2.31. The fourth-order valence-electron chi connectivity index (χ4n) is 4.63. The summed E-state index contributed by atoms with van der Waals surface area (Å²) in [6.45, 7) is 5.16. The minimum Gasteiger partial charge on any atom is -0.454 e. The van der Waals surface area contributed by atoms with Crippen LogP contribution in [0.5, 0.6) is 11.5 Å². The van der Waals surface area contributed by atoms with Gasteiger partial charge in [0, 0.05) is 43.9 Å². The minimum atomic E-state index is -0.275. The largest absolute Gasteiger partial charge is 0.454 e. The Kier molecular flexibility index (Phi) is 6.69. The summed E-state index contributed by atoms with van der Waals surface area (Å²) in [5.74, 6) is 1.11.